The number of rotatable bonds is 3. The zero-order chi connectivity index (χ0) is 15.4. The Bertz CT molecular complexity index is 540. The van der Waals surface area contributed by atoms with Gasteiger partial charge in [-0.05, 0) is 63.6 Å². The van der Waals surface area contributed by atoms with E-state index >= 15 is 0 Å². The van der Waals surface area contributed by atoms with E-state index in [0.29, 0.717) is 11.7 Å². The topological polar surface area (TPSA) is 18.5 Å². The van der Waals surface area contributed by atoms with Crippen molar-refractivity contribution >= 4 is 18.7 Å². The van der Waals surface area contributed by atoms with Gasteiger partial charge in [-0.15, -0.1) is 0 Å². The van der Waals surface area contributed by atoms with Crippen LogP contribution in [0.4, 0.5) is 0 Å². The van der Waals surface area contributed by atoms with Crippen LogP contribution in [0.25, 0.3) is 0 Å². The molecule has 114 valence electrons. The predicted octanol–water partition coefficient (Wildman–Crippen LogP) is 4.85. The molecule has 0 spiro atoms. The van der Waals surface area contributed by atoms with Crippen LogP contribution in [0.1, 0.15) is 58.1 Å². The first kappa shape index (κ1) is 15.4. The third kappa shape index (κ3) is 2.65. The van der Waals surface area contributed by atoms with Crippen molar-refractivity contribution in [1.82, 2.24) is 0 Å². The molecule has 0 aromatic heterocycles. The van der Waals surface area contributed by atoms with Gasteiger partial charge < -0.3 is 9.31 Å². The van der Waals surface area contributed by atoms with Crippen LogP contribution in [-0.4, -0.2) is 18.3 Å². The lowest BCUT2D eigenvalue weighted by atomic mass is 9.79. The number of hydrogen-bond acceptors (Lipinski definition) is 2. The van der Waals surface area contributed by atoms with Gasteiger partial charge in [0.25, 0.3) is 0 Å². The first-order valence-electron chi connectivity index (χ1n) is 7.89. The van der Waals surface area contributed by atoms with Crippen LogP contribution in [0.3, 0.4) is 0 Å². The highest BCUT2D eigenvalue weighted by Crippen LogP contribution is 2.59. The third-order valence-electron chi connectivity index (χ3n) is 5.33. The fourth-order valence-electron chi connectivity index (χ4n) is 3.03. The molecule has 21 heavy (non-hydrogen) atoms. The van der Waals surface area contributed by atoms with E-state index in [2.05, 4.69) is 46.8 Å². The molecule has 2 nitrogen and oxygen atoms in total. The summed E-state index contributed by atoms with van der Waals surface area (Å²) in [4.78, 5) is 0. The van der Waals surface area contributed by atoms with E-state index in [1.54, 1.807) is 0 Å². The van der Waals surface area contributed by atoms with Gasteiger partial charge in [0.2, 0.25) is 0 Å². The highest BCUT2D eigenvalue weighted by atomic mass is 35.5. The van der Waals surface area contributed by atoms with Gasteiger partial charge >= 0.3 is 7.12 Å². The van der Waals surface area contributed by atoms with Crippen LogP contribution >= 0.6 is 11.6 Å². The van der Waals surface area contributed by atoms with Gasteiger partial charge in [-0.25, -0.2) is 0 Å². The zero-order valence-electron chi connectivity index (χ0n) is 13.6. The Labute approximate surface area is 133 Å². The molecular weight excluding hydrogens is 282 g/mol. The summed E-state index contributed by atoms with van der Waals surface area (Å²) in [7, 11) is -0.110. The summed E-state index contributed by atoms with van der Waals surface area (Å²) in [6.45, 7) is 10.6. The molecule has 0 unspecified atom stereocenters. The van der Waals surface area contributed by atoms with Crippen LogP contribution in [0.5, 0.6) is 0 Å². The lowest BCUT2D eigenvalue weighted by Gasteiger charge is -2.32. The fraction of sp³-hybridized carbons (Fsp3) is 0.647. The van der Waals surface area contributed by atoms with E-state index in [0.717, 1.165) is 17.9 Å². The standard InChI is InChI=1S/C17H24BClO2/c1-6-11-7-8-15(19)13(9-11)12-10-14(12)18-20-16(2,3)17(4,5)21-18/h7-9,12,14H,6,10H2,1-5H3/t12-,14+/m0/s1. The predicted molar refractivity (Wildman–Crippen MR) is 88.0 cm³/mol. The minimum absolute atomic E-state index is 0.110. The maximum absolute atomic E-state index is 6.39. The molecule has 1 aromatic carbocycles. The molecule has 0 N–H and O–H groups in total. The van der Waals surface area contributed by atoms with Gasteiger partial charge in [-0.3, -0.25) is 0 Å². The Hall–Kier alpha value is -0.505. The summed E-state index contributed by atoms with van der Waals surface area (Å²) < 4.78 is 12.3. The van der Waals surface area contributed by atoms with Crippen molar-refractivity contribution in [2.75, 3.05) is 0 Å². The van der Waals surface area contributed by atoms with E-state index in [9.17, 15) is 0 Å². The first-order valence-corrected chi connectivity index (χ1v) is 8.27. The minimum atomic E-state index is -0.250. The average molecular weight is 307 g/mol. The van der Waals surface area contributed by atoms with Crippen molar-refractivity contribution in [2.45, 2.75) is 70.4 Å². The minimum Gasteiger partial charge on any atom is -0.403 e. The van der Waals surface area contributed by atoms with Crippen LogP contribution in [0.15, 0.2) is 18.2 Å². The molecule has 2 fully saturated rings. The second kappa shape index (κ2) is 5.01. The lowest BCUT2D eigenvalue weighted by molar-refractivity contribution is 0.00578. The van der Waals surface area contributed by atoms with Gasteiger partial charge in [0.1, 0.15) is 0 Å². The Balaban J connectivity index is 1.76. The Morgan fingerprint density at radius 3 is 2.38 bits per heavy atom. The SMILES string of the molecule is CCc1ccc(Cl)c([C@@H]2C[C@H]2B2OC(C)(C)C(C)(C)O2)c1. The molecule has 1 aromatic rings. The summed E-state index contributed by atoms with van der Waals surface area (Å²) in [5.41, 5.74) is 2.10. The largest absolute Gasteiger partial charge is 0.461 e. The fourth-order valence-corrected chi connectivity index (χ4v) is 3.29. The second-order valence-electron chi connectivity index (χ2n) is 7.34. The molecule has 1 heterocycles. The number of benzene rings is 1. The molecule has 1 saturated carbocycles. The maximum atomic E-state index is 6.39. The molecule has 2 atom stereocenters. The van der Waals surface area contributed by atoms with Gasteiger partial charge in [-0.2, -0.15) is 0 Å². The summed E-state index contributed by atoms with van der Waals surface area (Å²) in [6, 6.07) is 6.38. The quantitative estimate of drug-likeness (QED) is 0.743. The third-order valence-corrected chi connectivity index (χ3v) is 5.67. The van der Waals surface area contributed by atoms with E-state index in [1.807, 2.05) is 6.07 Å². The molecule has 1 aliphatic carbocycles. The monoisotopic (exact) mass is 306 g/mol. The molecule has 1 aliphatic heterocycles. The Kier molecular flexibility index (Phi) is 3.67. The van der Waals surface area contributed by atoms with Crippen molar-refractivity contribution < 1.29 is 9.31 Å². The van der Waals surface area contributed by atoms with Gasteiger partial charge in [0.05, 0.1) is 11.2 Å². The van der Waals surface area contributed by atoms with Crippen molar-refractivity contribution in [3.63, 3.8) is 0 Å². The van der Waals surface area contributed by atoms with E-state index in [-0.39, 0.29) is 18.3 Å². The Morgan fingerprint density at radius 1 is 1.19 bits per heavy atom. The van der Waals surface area contributed by atoms with Crippen molar-refractivity contribution in [3.05, 3.63) is 34.3 Å². The zero-order valence-corrected chi connectivity index (χ0v) is 14.3. The molecule has 0 radical (unpaired) electrons. The van der Waals surface area contributed by atoms with Crippen molar-refractivity contribution in [2.24, 2.45) is 0 Å². The molecule has 2 aliphatic rings. The summed E-state index contributed by atoms with van der Waals surface area (Å²) in [5.74, 6) is 0.898. The smallest absolute Gasteiger partial charge is 0.403 e. The van der Waals surface area contributed by atoms with E-state index in [1.165, 1.54) is 11.1 Å². The lowest BCUT2D eigenvalue weighted by Crippen LogP contribution is -2.41. The summed E-state index contributed by atoms with van der Waals surface area (Å²) in [6.07, 6.45) is 2.14. The molecule has 4 heteroatoms. The van der Waals surface area contributed by atoms with Crippen molar-refractivity contribution in [3.8, 4) is 0 Å². The second-order valence-corrected chi connectivity index (χ2v) is 7.75. The number of hydrogen-bond donors (Lipinski definition) is 0. The summed E-state index contributed by atoms with van der Waals surface area (Å²) in [5, 5.41) is 0.871. The van der Waals surface area contributed by atoms with Crippen LogP contribution < -0.4 is 0 Å². The van der Waals surface area contributed by atoms with Crippen LogP contribution in [-0.2, 0) is 15.7 Å². The van der Waals surface area contributed by atoms with Crippen molar-refractivity contribution in [1.29, 1.82) is 0 Å². The molecule has 0 amide bonds. The van der Waals surface area contributed by atoms with Gasteiger partial charge in [0, 0.05) is 10.8 Å². The molecule has 3 rings (SSSR count). The highest BCUT2D eigenvalue weighted by molar-refractivity contribution is 6.49. The Morgan fingerprint density at radius 2 is 1.81 bits per heavy atom. The number of aryl methyl sites for hydroxylation is 1. The normalized spacial score (nSPS) is 29.7. The highest BCUT2D eigenvalue weighted by Gasteiger charge is 2.60. The van der Waals surface area contributed by atoms with Gasteiger partial charge in [0.15, 0.2) is 0 Å². The maximum Gasteiger partial charge on any atom is 0.461 e. The summed E-state index contributed by atoms with van der Waals surface area (Å²) >= 11 is 6.39. The average Bonchev–Trinajstić information content (AvgIpc) is 3.14. The van der Waals surface area contributed by atoms with E-state index in [4.69, 9.17) is 20.9 Å². The first-order chi connectivity index (χ1) is 9.75. The van der Waals surface area contributed by atoms with Crippen LogP contribution in [0, 0.1) is 0 Å². The van der Waals surface area contributed by atoms with E-state index < -0.39 is 0 Å². The number of halogens is 1. The molecule has 1 saturated heterocycles. The molecular formula is C17H24BClO2. The molecule has 0 bridgehead atoms. The van der Waals surface area contributed by atoms with Crippen LogP contribution in [0.2, 0.25) is 10.8 Å². The van der Waals surface area contributed by atoms with Gasteiger partial charge in [-0.1, -0.05) is 30.7 Å².